The van der Waals surface area contributed by atoms with E-state index in [1.807, 2.05) is 19.9 Å². The Kier molecular flexibility index (Phi) is 6.20. The van der Waals surface area contributed by atoms with Gasteiger partial charge in [-0.2, -0.15) is 4.31 Å². The average molecular weight is 472 g/mol. The molecule has 0 bridgehead atoms. The maximum atomic E-state index is 13.2. The van der Waals surface area contributed by atoms with Crippen LogP contribution in [0.15, 0.2) is 41.3 Å². The summed E-state index contributed by atoms with van der Waals surface area (Å²) in [5.74, 6) is 0.245. The lowest BCUT2D eigenvalue weighted by Gasteiger charge is -2.23. The predicted octanol–water partition coefficient (Wildman–Crippen LogP) is 2.95. The van der Waals surface area contributed by atoms with E-state index in [4.69, 9.17) is 4.74 Å². The van der Waals surface area contributed by atoms with Crippen LogP contribution in [0, 0.1) is 12.8 Å². The Labute approximate surface area is 194 Å². The molecule has 2 aliphatic rings. The molecule has 1 atom stereocenters. The first-order valence-corrected chi connectivity index (χ1v) is 12.4. The van der Waals surface area contributed by atoms with Crippen molar-refractivity contribution in [1.82, 2.24) is 4.31 Å². The van der Waals surface area contributed by atoms with E-state index in [1.54, 1.807) is 29.2 Å². The van der Waals surface area contributed by atoms with Gasteiger partial charge in [0.05, 0.1) is 24.2 Å². The molecule has 1 fully saturated rings. The number of ether oxygens (including phenoxy) is 1. The number of aryl methyl sites for hydroxylation is 1. The number of carbonyl (C=O) groups is 2. The zero-order valence-electron chi connectivity index (χ0n) is 19.3. The molecule has 176 valence electrons. The van der Waals surface area contributed by atoms with Gasteiger partial charge < -0.3 is 15.0 Å². The van der Waals surface area contributed by atoms with Crippen molar-refractivity contribution >= 4 is 33.2 Å². The summed E-state index contributed by atoms with van der Waals surface area (Å²) in [6, 6.07) is 10.2. The topological polar surface area (TPSA) is 96.0 Å². The van der Waals surface area contributed by atoms with Gasteiger partial charge in [0.2, 0.25) is 21.8 Å². The third kappa shape index (κ3) is 4.60. The molecule has 9 heteroatoms. The SMILES string of the molecule is COc1ccc(C)cc1NC(=O)CN(C)S(=O)(=O)c1ccc2c(c1)C[C@@H](C)N2C(=O)C1CC1. The maximum absolute atomic E-state index is 13.2. The number of likely N-dealkylation sites (N-methyl/N-ethyl adjacent to an activating group) is 1. The lowest BCUT2D eigenvalue weighted by Crippen LogP contribution is -2.36. The number of fused-ring (bicyclic) bond motifs is 1. The highest BCUT2D eigenvalue weighted by molar-refractivity contribution is 7.89. The van der Waals surface area contributed by atoms with Crippen LogP contribution < -0.4 is 15.0 Å². The minimum absolute atomic E-state index is 0.00105. The quantitative estimate of drug-likeness (QED) is 0.670. The fraction of sp³-hybridized carbons (Fsp3) is 0.417. The molecule has 0 radical (unpaired) electrons. The van der Waals surface area contributed by atoms with Gasteiger partial charge in [0.1, 0.15) is 5.75 Å². The molecular formula is C24H29N3O5S. The Hall–Kier alpha value is -2.91. The summed E-state index contributed by atoms with van der Waals surface area (Å²) in [5.41, 5.74) is 3.04. The van der Waals surface area contributed by atoms with E-state index in [0.29, 0.717) is 17.9 Å². The van der Waals surface area contributed by atoms with Crippen LogP contribution in [0.1, 0.15) is 30.9 Å². The lowest BCUT2D eigenvalue weighted by atomic mass is 10.1. The van der Waals surface area contributed by atoms with Crippen molar-refractivity contribution in [3.8, 4) is 5.75 Å². The van der Waals surface area contributed by atoms with Crippen LogP contribution in [0.4, 0.5) is 11.4 Å². The van der Waals surface area contributed by atoms with Crippen LogP contribution in [0.5, 0.6) is 5.75 Å². The van der Waals surface area contributed by atoms with Crippen LogP contribution >= 0.6 is 0 Å². The number of rotatable bonds is 7. The summed E-state index contributed by atoms with van der Waals surface area (Å²) >= 11 is 0. The molecule has 2 aromatic carbocycles. The molecule has 8 nitrogen and oxygen atoms in total. The van der Waals surface area contributed by atoms with Gasteiger partial charge in [0, 0.05) is 24.7 Å². The molecule has 0 saturated heterocycles. The van der Waals surface area contributed by atoms with Gasteiger partial charge in [-0.1, -0.05) is 6.07 Å². The third-order valence-electron chi connectivity index (χ3n) is 6.13. The second-order valence-electron chi connectivity index (χ2n) is 8.84. The Morgan fingerprint density at radius 2 is 1.91 bits per heavy atom. The highest BCUT2D eigenvalue weighted by atomic mass is 32.2. The van der Waals surface area contributed by atoms with Crippen molar-refractivity contribution in [2.45, 2.75) is 44.0 Å². The standard InChI is InChI=1S/C24H29N3O5S/c1-15-5-10-22(32-4)20(11-15)25-23(28)14-26(3)33(30,31)19-8-9-21-18(13-19)12-16(2)27(21)24(29)17-6-7-17/h5,8-11,13,16-17H,6-7,12,14H2,1-4H3,(H,25,28)/t16-/m1/s1. The van der Waals surface area contributed by atoms with Gasteiger partial charge in [0.15, 0.2) is 0 Å². The number of hydrogen-bond donors (Lipinski definition) is 1. The predicted molar refractivity (Wildman–Crippen MR) is 126 cm³/mol. The molecule has 1 aliphatic carbocycles. The van der Waals surface area contributed by atoms with Crippen molar-refractivity contribution in [3.05, 3.63) is 47.5 Å². The number of hydrogen-bond acceptors (Lipinski definition) is 5. The number of amides is 2. The fourth-order valence-electron chi connectivity index (χ4n) is 4.21. The molecular weight excluding hydrogens is 442 g/mol. The number of carbonyl (C=O) groups excluding carboxylic acids is 2. The highest BCUT2D eigenvalue weighted by Crippen LogP contribution is 2.39. The molecule has 33 heavy (non-hydrogen) atoms. The summed E-state index contributed by atoms with van der Waals surface area (Å²) in [6.45, 7) is 3.52. The number of benzene rings is 2. The second-order valence-corrected chi connectivity index (χ2v) is 10.9. The number of sulfonamides is 1. The summed E-state index contributed by atoms with van der Waals surface area (Å²) in [4.78, 5) is 27.1. The number of methoxy groups -OCH3 is 1. The smallest absolute Gasteiger partial charge is 0.243 e. The van der Waals surface area contributed by atoms with Gasteiger partial charge in [-0.25, -0.2) is 8.42 Å². The van der Waals surface area contributed by atoms with Crippen molar-refractivity contribution < 1.29 is 22.7 Å². The van der Waals surface area contributed by atoms with E-state index in [0.717, 1.165) is 34.0 Å². The monoisotopic (exact) mass is 471 g/mol. The summed E-state index contributed by atoms with van der Waals surface area (Å²) in [6.07, 6.45) is 2.45. The molecule has 2 aromatic rings. The molecule has 1 heterocycles. The maximum Gasteiger partial charge on any atom is 0.243 e. The summed E-state index contributed by atoms with van der Waals surface area (Å²) in [7, 11) is -1.01. The number of nitrogens with one attached hydrogen (secondary N) is 1. The lowest BCUT2D eigenvalue weighted by molar-refractivity contribution is -0.120. The van der Waals surface area contributed by atoms with Crippen LogP contribution in [-0.2, 0) is 26.0 Å². The molecule has 1 aliphatic heterocycles. The Balaban J connectivity index is 1.49. The van der Waals surface area contributed by atoms with Gasteiger partial charge in [-0.05, 0) is 74.6 Å². The van der Waals surface area contributed by atoms with E-state index in [9.17, 15) is 18.0 Å². The Morgan fingerprint density at radius 3 is 2.58 bits per heavy atom. The highest BCUT2D eigenvalue weighted by Gasteiger charge is 2.40. The van der Waals surface area contributed by atoms with Crippen LogP contribution in [-0.4, -0.2) is 51.3 Å². The molecule has 0 spiro atoms. The minimum Gasteiger partial charge on any atom is -0.495 e. The van der Waals surface area contributed by atoms with Crippen molar-refractivity contribution in [1.29, 1.82) is 0 Å². The van der Waals surface area contributed by atoms with Gasteiger partial charge >= 0.3 is 0 Å². The number of anilines is 2. The molecule has 1 saturated carbocycles. The first-order valence-electron chi connectivity index (χ1n) is 11.0. The average Bonchev–Trinajstić information content (AvgIpc) is 3.55. The number of nitrogens with zero attached hydrogens (tertiary/aromatic N) is 2. The van der Waals surface area contributed by atoms with Gasteiger partial charge in [-0.15, -0.1) is 0 Å². The van der Waals surface area contributed by atoms with E-state index < -0.39 is 15.9 Å². The van der Waals surface area contributed by atoms with E-state index >= 15 is 0 Å². The van der Waals surface area contributed by atoms with Crippen molar-refractivity contribution in [2.75, 3.05) is 30.9 Å². The van der Waals surface area contributed by atoms with Crippen molar-refractivity contribution in [3.63, 3.8) is 0 Å². The molecule has 0 aromatic heterocycles. The van der Waals surface area contributed by atoms with Crippen LogP contribution in [0.25, 0.3) is 0 Å². The minimum atomic E-state index is -3.89. The van der Waals surface area contributed by atoms with Gasteiger partial charge in [0.25, 0.3) is 0 Å². The summed E-state index contributed by atoms with van der Waals surface area (Å²) in [5, 5.41) is 2.72. The van der Waals surface area contributed by atoms with E-state index in [1.165, 1.54) is 20.2 Å². The Bertz CT molecular complexity index is 1210. The first-order chi connectivity index (χ1) is 15.6. The first kappa shape index (κ1) is 23.3. The largest absolute Gasteiger partial charge is 0.495 e. The van der Waals surface area contributed by atoms with Crippen LogP contribution in [0.2, 0.25) is 0 Å². The van der Waals surface area contributed by atoms with Crippen LogP contribution in [0.3, 0.4) is 0 Å². The summed E-state index contributed by atoms with van der Waals surface area (Å²) < 4.78 is 32.6. The normalized spacial score (nSPS) is 17.7. The van der Waals surface area contributed by atoms with Gasteiger partial charge in [-0.3, -0.25) is 9.59 Å². The second kappa shape index (κ2) is 8.79. The van der Waals surface area contributed by atoms with Crippen molar-refractivity contribution in [2.24, 2.45) is 5.92 Å². The van der Waals surface area contributed by atoms with E-state index in [2.05, 4.69) is 5.32 Å². The zero-order chi connectivity index (χ0) is 23.9. The third-order valence-corrected chi connectivity index (χ3v) is 7.93. The molecule has 1 N–H and O–H groups in total. The zero-order valence-corrected chi connectivity index (χ0v) is 20.1. The Morgan fingerprint density at radius 1 is 1.18 bits per heavy atom. The van der Waals surface area contributed by atoms with E-state index in [-0.39, 0.29) is 29.3 Å². The molecule has 4 rings (SSSR count). The molecule has 0 unspecified atom stereocenters. The fourth-order valence-corrected chi connectivity index (χ4v) is 5.39. The molecule has 2 amide bonds.